The zero-order valence-corrected chi connectivity index (χ0v) is 13.4. The molecule has 0 unspecified atom stereocenters. The Balaban J connectivity index is 2.24. The van der Waals surface area contributed by atoms with E-state index >= 15 is 0 Å². The van der Waals surface area contributed by atoms with Gasteiger partial charge >= 0.3 is 5.97 Å². The molecule has 0 fully saturated rings. The van der Waals surface area contributed by atoms with Crippen molar-refractivity contribution in [3.8, 4) is 17.0 Å². The van der Waals surface area contributed by atoms with Crippen LogP contribution in [-0.2, 0) is 4.74 Å². The Morgan fingerprint density at radius 2 is 2.13 bits per heavy atom. The number of esters is 1. The first-order valence-corrected chi connectivity index (χ1v) is 7.53. The lowest BCUT2D eigenvalue weighted by Crippen LogP contribution is -2.07. The number of carbonyl (C=O) groups is 1. The first kappa shape index (κ1) is 16.9. The highest BCUT2D eigenvalue weighted by atomic mass is 19.1. The van der Waals surface area contributed by atoms with Gasteiger partial charge in [-0.05, 0) is 37.5 Å². The Morgan fingerprint density at radius 3 is 2.83 bits per heavy atom. The molecule has 0 spiro atoms. The maximum Gasteiger partial charge on any atom is 0.361 e. The Kier molecular flexibility index (Phi) is 5.67. The number of carbonyl (C=O) groups excluding carboxylic acids is 1. The van der Waals surface area contributed by atoms with Gasteiger partial charge in [0.15, 0.2) is 17.3 Å². The van der Waals surface area contributed by atoms with Crippen molar-refractivity contribution in [2.45, 2.75) is 27.2 Å². The topological polar surface area (TPSA) is 77.1 Å². The Hall–Kier alpha value is -2.44. The number of rotatable bonds is 7. The zero-order chi connectivity index (χ0) is 16.8. The summed E-state index contributed by atoms with van der Waals surface area (Å²) in [6, 6.07) is 4.31. The van der Waals surface area contributed by atoms with Gasteiger partial charge in [0.25, 0.3) is 0 Å². The summed E-state index contributed by atoms with van der Waals surface area (Å²) in [4.78, 5) is 11.8. The molecular weight excluding hydrogens is 301 g/mol. The van der Waals surface area contributed by atoms with Gasteiger partial charge in [0.05, 0.1) is 13.2 Å². The van der Waals surface area contributed by atoms with Crippen molar-refractivity contribution < 1.29 is 18.7 Å². The number of aromatic nitrogens is 3. The van der Waals surface area contributed by atoms with Crippen LogP contribution in [0.15, 0.2) is 18.2 Å². The third-order valence-electron chi connectivity index (χ3n) is 3.17. The third-order valence-corrected chi connectivity index (χ3v) is 3.17. The fourth-order valence-electron chi connectivity index (χ4n) is 1.94. The summed E-state index contributed by atoms with van der Waals surface area (Å²) in [5, 5.41) is 10.2. The van der Waals surface area contributed by atoms with Gasteiger partial charge in [-0.25, -0.2) is 9.18 Å². The number of hydrogen-bond donors (Lipinski definition) is 1. The summed E-state index contributed by atoms with van der Waals surface area (Å²) < 4.78 is 24.3. The lowest BCUT2D eigenvalue weighted by molar-refractivity contribution is 0.0520. The fourth-order valence-corrected chi connectivity index (χ4v) is 1.94. The largest absolute Gasteiger partial charge is 0.490 e. The van der Waals surface area contributed by atoms with Crippen LogP contribution in [0, 0.1) is 11.7 Å². The van der Waals surface area contributed by atoms with Gasteiger partial charge in [-0.1, -0.05) is 13.8 Å². The molecule has 0 saturated carbocycles. The predicted octanol–water partition coefficient (Wildman–Crippen LogP) is 3.21. The fraction of sp³-hybridized carbons (Fsp3) is 0.438. The van der Waals surface area contributed by atoms with Crippen molar-refractivity contribution in [3.63, 3.8) is 0 Å². The lowest BCUT2D eigenvalue weighted by Gasteiger charge is -2.10. The van der Waals surface area contributed by atoms with Gasteiger partial charge in [0, 0.05) is 5.56 Å². The van der Waals surface area contributed by atoms with E-state index in [9.17, 15) is 9.18 Å². The maximum atomic E-state index is 13.9. The SMILES string of the molecule is CCOC(=O)c1n[nH]nc1-c1ccc(F)c(OCCC(C)C)c1. The second-order valence-electron chi connectivity index (χ2n) is 5.42. The molecule has 0 amide bonds. The second kappa shape index (κ2) is 7.71. The van der Waals surface area contributed by atoms with Crippen LogP contribution in [-0.4, -0.2) is 34.6 Å². The molecule has 7 heteroatoms. The van der Waals surface area contributed by atoms with Crippen molar-refractivity contribution in [1.82, 2.24) is 15.4 Å². The summed E-state index contributed by atoms with van der Waals surface area (Å²) in [5.41, 5.74) is 0.895. The van der Waals surface area contributed by atoms with E-state index in [0.717, 1.165) is 6.42 Å². The van der Waals surface area contributed by atoms with E-state index in [-0.39, 0.29) is 18.1 Å². The highest BCUT2D eigenvalue weighted by Gasteiger charge is 2.20. The molecule has 1 N–H and O–H groups in total. The molecule has 1 aromatic carbocycles. The minimum Gasteiger partial charge on any atom is -0.490 e. The molecule has 0 radical (unpaired) electrons. The van der Waals surface area contributed by atoms with E-state index < -0.39 is 11.8 Å². The number of ether oxygens (including phenoxy) is 2. The predicted molar refractivity (Wildman–Crippen MR) is 82.7 cm³/mol. The molecule has 2 aromatic rings. The molecule has 124 valence electrons. The molecule has 0 atom stereocenters. The van der Waals surface area contributed by atoms with Crippen molar-refractivity contribution in [2.75, 3.05) is 13.2 Å². The molecule has 6 nitrogen and oxygen atoms in total. The van der Waals surface area contributed by atoms with Gasteiger partial charge in [0.1, 0.15) is 5.69 Å². The van der Waals surface area contributed by atoms with Crippen LogP contribution in [0.2, 0.25) is 0 Å². The van der Waals surface area contributed by atoms with E-state index in [1.54, 1.807) is 6.92 Å². The van der Waals surface area contributed by atoms with E-state index in [4.69, 9.17) is 9.47 Å². The summed E-state index contributed by atoms with van der Waals surface area (Å²) in [7, 11) is 0. The van der Waals surface area contributed by atoms with Crippen molar-refractivity contribution in [2.24, 2.45) is 5.92 Å². The number of nitrogens with zero attached hydrogens (tertiary/aromatic N) is 2. The standard InChI is InChI=1S/C16H20FN3O3/c1-4-22-16(21)15-14(18-20-19-15)11-5-6-12(17)13(9-11)23-8-7-10(2)3/h5-6,9-10H,4,7-8H2,1-3H3,(H,18,19,20). The van der Waals surface area contributed by atoms with Gasteiger partial charge in [0.2, 0.25) is 0 Å². The molecule has 1 heterocycles. The van der Waals surface area contributed by atoms with Crippen molar-refractivity contribution >= 4 is 5.97 Å². The van der Waals surface area contributed by atoms with Gasteiger partial charge in [-0.2, -0.15) is 10.3 Å². The Labute approximate surface area is 134 Å². The normalized spacial score (nSPS) is 10.8. The molecule has 2 rings (SSSR count). The molecule has 0 bridgehead atoms. The number of H-pyrrole nitrogens is 1. The Bertz CT molecular complexity index is 670. The lowest BCUT2D eigenvalue weighted by atomic mass is 10.1. The van der Waals surface area contributed by atoms with E-state index in [0.29, 0.717) is 23.8 Å². The average Bonchev–Trinajstić information content (AvgIpc) is 2.98. The number of nitrogens with one attached hydrogen (secondary N) is 1. The number of halogens is 1. The molecule has 1 aromatic heterocycles. The quantitative estimate of drug-likeness (QED) is 0.792. The highest BCUT2D eigenvalue weighted by molar-refractivity contribution is 5.93. The molecule has 23 heavy (non-hydrogen) atoms. The Morgan fingerprint density at radius 1 is 1.35 bits per heavy atom. The summed E-state index contributed by atoms with van der Waals surface area (Å²) in [5.74, 6) is -0.449. The van der Waals surface area contributed by atoms with Crippen LogP contribution in [0.25, 0.3) is 11.3 Å². The molecular formula is C16H20FN3O3. The van der Waals surface area contributed by atoms with Gasteiger partial charge in [-0.3, -0.25) is 0 Å². The maximum absolute atomic E-state index is 13.9. The number of aromatic amines is 1. The third kappa shape index (κ3) is 4.28. The molecule has 0 aliphatic rings. The molecule has 0 aliphatic carbocycles. The van der Waals surface area contributed by atoms with E-state index in [2.05, 4.69) is 29.3 Å². The first-order valence-electron chi connectivity index (χ1n) is 7.53. The van der Waals surface area contributed by atoms with Crippen molar-refractivity contribution in [1.29, 1.82) is 0 Å². The van der Waals surface area contributed by atoms with Crippen LogP contribution >= 0.6 is 0 Å². The summed E-state index contributed by atoms with van der Waals surface area (Å²) in [6.07, 6.45) is 0.821. The smallest absolute Gasteiger partial charge is 0.361 e. The summed E-state index contributed by atoms with van der Waals surface area (Å²) >= 11 is 0. The summed E-state index contributed by atoms with van der Waals surface area (Å²) in [6.45, 7) is 6.49. The minimum absolute atomic E-state index is 0.0617. The monoisotopic (exact) mass is 321 g/mol. The van der Waals surface area contributed by atoms with E-state index in [1.807, 2.05) is 0 Å². The van der Waals surface area contributed by atoms with Crippen LogP contribution < -0.4 is 4.74 Å². The molecule has 0 saturated heterocycles. The van der Waals surface area contributed by atoms with Gasteiger partial charge < -0.3 is 9.47 Å². The number of benzene rings is 1. The van der Waals surface area contributed by atoms with Crippen molar-refractivity contribution in [3.05, 3.63) is 29.7 Å². The zero-order valence-electron chi connectivity index (χ0n) is 13.4. The second-order valence-corrected chi connectivity index (χ2v) is 5.42. The van der Waals surface area contributed by atoms with Crippen LogP contribution in [0.1, 0.15) is 37.7 Å². The van der Waals surface area contributed by atoms with Crippen LogP contribution in [0.5, 0.6) is 5.75 Å². The van der Waals surface area contributed by atoms with E-state index in [1.165, 1.54) is 18.2 Å². The first-order chi connectivity index (χ1) is 11.0. The van der Waals surface area contributed by atoms with Gasteiger partial charge in [-0.15, -0.1) is 5.10 Å². The molecule has 0 aliphatic heterocycles. The van der Waals surface area contributed by atoms with Crippen LogP contribution in [0.3, 0.4) is 0 Å². The number of hydrogen-bond acceptors (Lipinski definition) is 5. The average molecular weight is 321 g/mol. The minimum atomic E-state index is -0.581. The van der Waals surface area contributed by atoms with Crippen LogP contribution in [0.4, 0.5) is 4.39 Å². The highest BCUT2D eigenvalue weighted by Crippen LogP contribution is 2.27.